The molecule has 1 amide bonds. The smallest absolute Gasteiger partial charge is 0.234 e. The summed E-state index contributed by atoms with van der Waals surface area (Å²) in [4.78, 5) is 14.1. The topological polar surface area (TPSA) is 41.6 Å². The maximum atomic E-state index is 11.9. The molecule has 122 valence electrons. The van der Waals surface area contributed by atoms with E-state index in [4.69, 9.17) is 4.74 Å². The van der Waals surface area contributed by atoms with Gasteiger partial charge in [-0.25, -0.2) is 0 Å². The number of carbonyl (C=O) groups is 1. The van der Waals surface area contributed by atoms with Crippen molar-refractivity contribution in [2.75, 3.05) is 26.7 Å². The van der Waals surface area contributed by atoms with Gasteiger partial charge in [-0.15, -0.1) is 0 Å². The fraction of sp³-hybridized carbons (Fsp3) is 0.941. The second kappa shape index (κ2) is 9.42. The molecule has 2 aliphatic carbocycles. The minimum atomic E-state index is 0.155. The molecule has 0 spiro atoms. The molecule has 0 saturated heterocycles. The molecule has 2 saturated carbocycles. The largest absolute Gasteiger partial charge is 0.378 e. The third-order valence-corrected chi connectivity index (χ3v) is 4.89. The summed E-state index contributed by atoms with van der Waals surface area (Å²) in [6.45, 7) is 2.06. The molecule has 2 fully saturated rings. The molecule has 0 aliphatic heterocycles. The Hall–Kier alpha value is -0.610. The summed E-state index contributed by atoms with van der Waals surface area (Å²) < 4.78 is 5.87. The highest BCUT2D eigenvalue weighted by Gasteiger charge is 2.20. The molecule has 0 radical (unpaired) electrons. The molecule has 0 aromatic heterocycles. The molecule has 4 heteroatoms. The van der Waals surface area contributed by atoms with Crippen LogP contribution in [0.15, 0.2) is 0 Å². The normalized spacial score (nSPS) is 21.0. The summed E-state index contributed by atoms with van der Waals surface area (Å²) in [6, 6.07) is 0.616. The number of amides is 1. The maximum Gasteiger partial charge on any atom is 0.234 e. The predicted octanol–water partition coefficient (Wildman–Crippen LogP) is 2.72. The number of nitrogens with one attached hydrogen (secondary N) is 1. The van der Waals surface area contributed by atoms with Crippen LogP contribution in [0.3, 0.4) is 0 Å². The van der Waals surface area contributed by atoms with Crippen molar-refractivity contribution < 1.29 is 9.53 Å². The lowest BCUT2D eigenvalue weighted by atomic mass is 9.98. The van der Waals surface area contributed by atoms with Gasteiger partial charge < -0.3 is 10.1 Å². The number of likely N-dealkylation sites (N-methyl/N-ethyl adjacent to an activating group) is 1. The maximum absolute atomic E-state index is 11.9. The van der Waals surface area contributed by atoms with Crippen LogP contribution in [-0.4, -0.2) is 49.7 Å². The summed E-state index contributed by atoms with van der Waals surface area (Å²) >= 11 is 0. The zero-order valence-electron chi connectivity index (χ0n) is 13.6. The van der Waals surface area contributed by atoms with Gasteiger partial charge in [-0.05, 0) is 39.2 Å². The summed E-state index contributed by atoms with van der Waals surface area (Å²) in [6.07, 6.45) is 13.0. The van der Waals surface area contributed by atoms with Crippen molar-refractivity contribution in [2.45, 2.75) is 76.4 Å². The highest BCUT2D eigenvalue weighted by molar-refractivity contribution is 5.77. The van der Waals surface area contributed by atoms with Crippen LogP contribution in [-0.2, 0) is 9.53 Å². The molecule has 0 atom stereocenters. The highest BCUT2D eigenvalue weighted by Crippen LogP contribution is 2.22. The van der Waals surface area contributed by atoms with Crippen LogP contribution in [0.5, 0.6) is 0 Å². The molecule has 2 rings (SSSR count). The molecule has 0 aromatic carbocycles. The van der Waals surface area contributed by atoms with E-state index in [9.17, 15) is 4.79 Å². The molecule has 0 aromatic rings. The molecule has 0 bridgehead atoms. The number of nitrogens with zero attached hydrogens (tertiary/aromatic N) is 1. The molecule has 4 nitrogen and oxygen atoms in total. The zero-order valence-corrected chi connectivity index (χ0v) is 13.6. The molecule has 21 heavy (non-hydrogen) atoms. The minimum Gasteiger partial charge on any atom is -0.378 e. The first-order valence-electron chi connectivity index (χ1n) is 8.84. The Bertz CT molecular complexity index is 297. The summed E-state index contributed by atoms with van der Waals surface area (Å²) in [7, 11) is 2.07. The first kappa shape index (κ1) is 16.8. The molecule has 2 aliphatic rings. The van der Waals surface area contributed by atoms with Crippen molar-refractivity contribution in [1.29, 1.82) is 0 Å². The van der Waals surface area contributed by atoms with E-state index in [2.05, 4.69) is 17.3 Å². The Labute approximate surface area is 129 Å². The lowest BCUT2D eigenvalue weighted by molar-refractivity contribution is -0.122. The number of carbonyl (C=O) groups excluding carboxylic acids is 1. The molecule has 1 N–H and O–H groups in total. The quantitative estimate of drug-likeness (QED) is 0.700. The van der Waals surface area contributed by atoms with Crippen LogP contribution in [0.25, 0.3) is 0 Å². The van der Waals surface area contributed by atoms with E-state index >= 15 is 0 Å². The fourth-order valence-electron chi connectivity index (χ4n) is 3.54. The number of rotatable bonds is 8. The first-order valence-corrected chi connectivity index (χ1v) is 8.84. The second-order valence-corrected chi connectivity index (χ2v) is 6.69. The van der Waals surface area contributed by atoms with Gasteiger partial charge >= 0.3 is 0 Å². The van der Waals surface area contributed by atoms with Crippen LogP contribution in [0.4, 0.5) is 0 Å². The average molecular weight is 296 g/mol. The minimum absolute atomic E-state index is 0.155. The van der Waals surface area contributed by atoms with Gasteiger partial charge in [-0.3, -0.25) is 9.69 Å². The van der Waals surface area contributed by atoms with Gasteiger partial charge in [0.15, 0.2) is 0 Å². The Kier molecular flexibility index (Phi) is 7.51. The first-order chi connectivity index (χ1) is 10.3. The van der Waals surface area contributed by atoms with E-state index in [1.807, 2.05) is 0 Å². The third kappa shape index (κ3) is 6.35. The lowest BCUT2D eigenvalue weighted by Gasteiger charge is -2.23. The van der Waals surface area contributed by atoms with E-state index in [0.29, 0.717) is 18.7 Å². The van der Waals surface area contributed by atoms with E-state index in [1.54, 1.807) is 0 Å². The molecular formula is C17H32N2O2. The van der Waals surface area contributed by atoms with Crippen molar-refractivity contribution in [1.82, 2.24) is 10.2 Å². The van der Waals surface area contributed by atoms with Gasteiger partial charge in [-0.1, -0.05) is 32.1 Å². The van der Waals surface area contributed by atoms with Gasteiger partial charge in [0, 0.05) is 19.2 Å². The van der Waals surface area contributed by atoms with Crippen molar-refractivity contribution >= 4 is 5.91 Å². The lowest BCUT2D eigenvalue weighted by Crippen LogP contribution is -2.40. The summed E-state index contributed by atoms with van der Waals surface area (Å²) in [5.41, 5.74) is 0. The van der Waals surface area contributed by atoms with Crippen molar-refractivity contribution in [3.8, 4) is 0 Å². The predicted molar refractivity (Wildman–Crippen MR) is 85.3 cm³/mol. The zero-order chi connectivity index (χ0) is 14.9. The number of hydrogen-bond donors (Lipinski definition) is 1. The third-order valence-electron chi connectivity index (χ3n) is 4.89. The van der Waals surface area contributed by atoms with Crippen LogP contribution in [0, 0.1) is 0 Å². The Morgan fingerprint density at radius 3 is 2.48 bits per heavy atom. The van der Waals surface area contributed by atoms with Gasteiger partial charge in [0.05, 0.1) is 12.6 Å². The monoisotopic (exact) mass is 296 g/mol. The molecular weight excluding hydrogens is 264 g/mol. The Balaban J connectivity index is 1.46. The van der Waals surface area contributed by atoms with Crippen LogP contribution in [0.1, 0.15) is 64.2 Å². The fourth-order valence-corrected chi connectivity index (χ4v) is 3.54. The van der Waals surface area contributed by atoms with E-state index in [-0.39, 0.29) is 5.91 Å². The summed E-state index contributed by atoms with van der Waals surface area (Å²) in [5.74, 6) is 0.155. The van der Waals surface area contributed by atoms with Crippen molar-refractivity contribution in [3.63, 3.8) is 0 Å². The van der Waals surface area contributed by atoms with E-state index in [1.165, 1.54) is 57.8 Å². The summed E-state index contributed by atoms with van der Waals surface area (Å²) in [5, 5.41) is 3.01. The highest BCUT2D eigenvalue weighted by atomic mass is 16.5. The molecule has 0 heterocycles. The van der Waals surface area contributed by atoms with E-state index < -0.39 is 0 Å². The van der Waals surface area contributed by atoms with Gasteiger partial charge in [0.2, 0.25) is 5.91 Å². The second-order valence-electron chi connectivity index (χ2n) is 6.69. The van der Waals surface area contributed by atoms with Gasteiger partial charge in [-0.2, -0.15) is 0 Å². The number of hydrogen-bond acceptors (Lipinski definition) is 3. The van der Waals surface area contributed by atoms with Crippen molar-refractivity contribution in [3.05, 3.63) is 0 Å². The van der Waals surface area contributed by atoms with Crippen LogP contribution >= 0.6 is 0 Å². The number of ether oxygens (including phenoxy) is 1. The van der Waals surface area contributed by atoms with Crippen LogP contribution < -0.4 is 5.32 Å². The van der Waals surface area contributed by atoms with Gasteiger partial charge in [0.25, 0.3) is 0 Å². The SMILES string of the molecule is CN(CC(=O)NCCCOC1CCCCC1)C1CCCC1. The Morgan fingerprint density at radius 1 is 1.10 bits per heavy atom. The van der Waals surface area contributed by atoms with E-state index in [0.717, 1.165) is 19.6 Å². The Morgan fingerprint density at radius 2 is 1.76 bits per heavy atom. The molecule has 0 unspecified atom stereocenters. The van der Waals surface area contributed by atoms with Crippen LogP contribution in [0.2, 0.25) is 0 Å². The van der Waals surface area contributed by atoms with Gasteiger partial charge in [0.1, 0.15) is 0 Å². The average Bonchev–Trinajstić information content (AvgIpc) is 3.02. The van der Waals surface area contributed by atoms with Crippen molar-refractivity contribution in [2.24, 2.45) is 0 Å². The standard InChI is InChI=1S/C17H32N2O2/c1-19(15-8-5-6-9-15)14-17(20)18-12-7-13-21-16-10-3-2-4-11-16/h15-16H,2-14H2,1H3,(H,18,20).